The van der Waals surface area contributed by atoms with Crippen molar-refractivity contribution in [1.82, 2.24) is 10.2 Å². The molecule has 1 saturated heterocycles. The van der Waals surface area contributed by atoms with Crippen LogP contribution in [0.4, 0.5) is 0 Å². The molecular formula is C18H28N2O4. The third-order valence-corrected chi connectivity index (χ3v) is 4.48. The summed E-state index contributed by atoms with van der Waals surface area (Å²) >= 11 is 0. The minimum atomic E-state index is -0.715. The van der Waals surface area contributed by atoms with Gasteiger partial charge in [-0.3, -0.25) is 9.59 Å². The lowest BCUT2D eigenvalue weighted by atomic mass is 10.0. The number of carbonyl (C=O) groups is 2. The molecule has 6 heteroatoms. The highest BCUT2D eigenvalue weighted by Gasteiger charge is 2.28. The summed E-state index contributed by atoms with van der Waals surface area (Å²) in [6, 6.07) is 3.47. The van der Waals surface area contributed by atoms with Crippen LogP contribution in [-0.4, -0.2) is 41.0 Å². The summed E-state index contributed by atoms with van der Waals surface area (Å²) in [5.74, 6) is 0.369. The van der Waals surface area contributed by atoms with E-state index in [2.05, 4.69) is 5.32 Å². The molecule has 0 radical (unpaired) electrons. The SMILES string of the molecule is CCCC(=O)NCC(=O)N1CCCCCC1CC(O)c1ccco1. The summed E-state index contributed by atoms with van der Waals surface area (Å²) in [5.41, 5.74) is 0. The largest absolute Gasteiger partial charge is 0.467 e. The highest BCUT2D eigenvalue weighted by molar-refractivity contribution is 5.84. The van der Waals surface area contributed by atoms with Gasteiger partial charge in [0.15, 0.2) is 0 Å². The Balaban J connectivity index is 1.95. The summed E-state index contributed by atoms with van der Waals surface area (Å²) < 4.78 is 5.26. The van der Waals surface area contributed by atoms with Crippen LogP contribution >= 0.6 is 0 Å². The van der Waals surface area contributed by atoms with E-state index in [-0.39, 0.29) is 24.4 Å². The van der Waals surface area contributed by atoms with Gasteiger partial charge < -0.3 is 19.7 Å². The Labute approximate surface area is 143 Å². The molecule has 2 atom stereocenters. The number of likely N-dealkylation sites (tertiary alicyclic amines) is 1. The Kier molecular flexibility index (Phi) is 7.31. The highest BCUT2D eigenvalue weighted by Crippen LogP contribution is 2.26. The number of hydrogen-bond donors (Lipinski definition) is 2. The first-order chi connectivity index (χ1) is 11.6. The lowest BCUT2D eigenvalue weighted by Gasteiger charge is -2.31. The monoisotopic (exact) mass is 336 g/mol. The normalized spacial score (nSPS) is 19.6. The Morgan fingerprint density at radius 2 is 2.25 bits per heavy atom. The number of rotatable bonds is 7. The number of aliphatic hydroxyl groups excluding tert-OH is 1. The first-order valence-corrected chi connectivity index (χ1v) is 8.89. The third kappa shape index (κ3) is 5.37. The van der Waals surface area contributed by atoms with Gasteiger partial charge in [0.25, 0.3) is 0 Å². The van der Waals surface area contributed by atoms with E-state index in [1.165, 1.54) is 6.26 Å². The number of amides is 2. The fraction of sp³-hybridized carbons (Fsp3) is 0.667. The van der Waals surface area contributed by atoms with Crippen LogP contribution in [-0.2, 0) is 9.59 Å². The molecule has 6 nitrogen and oxygen atoms in total. The lowest BCUT2D eigenvalue weighted by molar-refractivity contribution is -0.135. The Morgan fingerprint density at radius 3 is 2.96 bits per heavy atom. The molecule has 2 unspecified atom stereocenters. The number of hydrogen-bond acceptors (Lipinski definition) is 4. The van der Waals surface area contributed by atoms with Crippen LogP contribution in [0.2, 0.25) is 0 Å². The molecule has 0 bridgehead atoms. The van der Waals surface area contributed by atoms with E-state index in [4.69, 9.17) is 4.42 Å². The molecule has 1 aromatic heterocycles. The molecule has 0 aliphatic carbocycles. The van der Waals surface area contributed by atoms with Crippen LogP contribution in [0.1, 0.15) is 63.7 Å². The van der Waals surface area contributed by atoms with E-state index in [9.17, 15) is 14.7 Å². The molecule has 0 aromatic carbocycles. The number of carbonyl (C=O) groups excluding carboxylic acids is 2. The summed E-state index contributed by atoms with van der Waals surface area (Å²) in [7, 11) is 0. The molecular weight excluding hydrogens is 308 g/mol. The first kappa shape index (κ1) is 18.5. The van der Waals surface area contributed by atoms with Gasteiger partial charge in [0.05, 0.1) is 12.8 Å². The van der Waals surface area contributed by atoms with Gasteiger partial charge >= 0.3 is 0 Å². The molecule has 1 aromatic rings. The average Bonchev–Trinajstić information content (AvgIpc) is 3.01. The third-order valence-electron chi connectivity index (χ3n) is 4.48. The van der Waals surface area contributed by atoms with Crippen LogP contribution in [0.3, 0.4) is 0 Å². The average molecular weight is 336 g/mol. The maximum atomic E-state index is 12.5. The quantitative estimate of drug-likeness (QED) is 0.801. The van der Waals surface area contributed by atoms with Gasteiger partial charge in [-0.1, -0.05) is 19.8 Å². The number of nitrogens with one attached hydrogen (secondary N) is 1. The van der Waals surface area contributed by atoms with E-state index in [1.54, 1.807) is 12.1 Å². The zero-order chi connectivity index (χ0) is 17.4. The van der Waals surface area contributed by atoms with Crippen LogP contribution < -0.4 is 5.32 Å². The van der Waals surface area contributed by atoms with E-state index < -0.39 is 6.10 Å². The maximum Gasteiger partial charge on any atom is 0.242 e. The van der Waals surface area contributed by atoms with Crippen molar-refractivity contribution in [2.24, 2.45) is 0 Å². The molecule has 2 heterocycles. The van der Waals surface area contributed by atoms with Crippen molar-refractivity contribution in [2.75, 3.05) is 13.1 Å². The molecule has 0 spiro atoms. The molecule has 2 amide bonds. The van der Waals surface area contributed by atoms with Crippen LogP contribution in [0, 0.1) is 0 Å². The summed E-state index contributed by atoms with van der Waals surface area (Å²) in [6.07, 6.45) is 6.44. The van der Waals surface area contributed by atoms with Gasteiger partial charge in [-0.15, -0.1) is 0 Å². The van der Waals surface area contributed by atoms with E-state index in [0.717, 1.165) is 32.1 Å². The van der Waals surface area contributed by atoms with Crippen molar-refractivity contribution >= 4 is 11.8 Å². The smallest absolute Gasteiger partial charge is 0.242 e. The van der Waals surface area contributed by atoms with E-state index >= 15 is 0 Å². The predicted molar refractivity (Wildman–Crippen MR) is 90.2 cm³/mol. The van der Waals surface area contributed by atoms with E-state index in [0.29, 0.717) is 25.1 Å². The van der Waals surface area contributed by atoms with Crippen molar-refractivity contribution in [3.8, 4) is 0 Å². The molecule has 1 aliphatic heterocycles. The second-order valence-electron chi connectivity index (χ2n) is 6.38. The van der Waals surface area contributed by atoms with Crippen molar-refractivity contribution in [3.63, 3.8) is 0 Å². The number of nitrogens with zero attached hydrogens (tertiary/aromatic N) is 1. The van der Waals surface area contributed by atoms with Crippen molar-refractivity contribution < 1.29 is 19.1 Å². The van der Waals surface area contributed by atoms with Crippen LogP contribution in [0.25, 0.3) is 0 Å². The second kappa shape index (κ2) is 9.47. The number of aliphatic hydroxyl groups is 1. The molecule has 24 heavy (non-hydrogen) atoms. The highest BCUT2D eigenvalue weighted by atomic mass is 16.4. The maximum absolute atomic E-state index is 12.5. The van der Waals surface area contributed by atoms with Crippen molar-refractivity contribution in [2.45, 2.75) is 64.0 Å². The van der Waals surface area contributed by atoms with Gasteiger partial charge in [0.1, 0.15) is 11.9 Å². The molecule has 134 valence electrons. The lowest BCUT2D eigenvalue weighted by Crippen LogP contribution is -2.46. The Morgan fingerprint density at radius 1 is 1.42 bits per heavy atom. The summed E-state index contributed by atoms with van der Waals surface area (Å²) in [6.45, 7) is 2.65. The first-order valence-electron chi connectivity index (χ1n) is 8.89. The second-order valence-corrected chi connectivity index (χ2v) is 6.38. The van der Waals surface area contributed by atoms with Crippen molar-refractivity contribution in [3.05, 3.63) is 24.2 Å². The fourth-order valence-corrected chi connectivity index (χ4v) is 3.20. The van der Waals surface area contributed by atoms with Gasteiger partial charge in [-0.05, 0) is 31.4 Å². The fourth-order valence-electron chi connectivity index (χ4n) is 3.20. The molecule has 2 N–H and O–H groups in total. The van der Waals surface area contributed by atoms with Gasteiger partial charge in [-0.2, -0.15) is 0 Å². The minimum absolute atomic E-state index is 0.0248. The zero-order valence-electron chi connectivity index (χ0n) is 14.4. The standard InChI is InChI=1S/C18H28N2O4/c1-2-7-17(22)19-13-18(23)20-10-5-3-4-8-14(20)12-15(21)16-9-6-11-24-16/h6,9,11,14-15,21H,2-5,7-8,10,12-13H2,1H3,(H,19,22). The van der Waals surface area contributed by atoms with Crippen LogP contribution in [0.5, 0.6) is 0 Å². The number of furan rings is 1. The molecule has 1 fully saturated rings. The molecule has 1 aliphatic rings. The van der Waals surface area contributed by atoms with Crippen molar-refractivity contribution in [1.29, 1.82) is 0 Å². The Bertz CT molecular complexity index is 515. The van der Waals surface area contributed by atoms with Gasteiger partial charge in [0, 0.05) is 25.4 Å². The van der Waals surface area contributed by atoms with Gasteiger partial charge in [0.2, 0.25) is 11.8 Å². The molecule has 2 rings (SSSR count). The Hall–Kier alpha value is -1.82. The summed E-state index contributed by atoms with van der Waals surface area (Å²) in [5, 5.41) is 13.0. The van der Waals surface area contributed by atoms with Gasteiger partial charge in [-0.25, -0.2) is 0 Å². The predicted octanol–water partition coefficient (Wildman–Crippen LogP) is 2.39. The zero-order valence-corrected chi connectivity index (χ0v) is 14.4. The minimum Gasteiger partial charge on any atom is -0.467 e. The van der Waals surface area contributed by atoms with Crippen LogP contribution in [0.15, 0.2) is 22.8 Å². The van der Waals surface area contributed by atoms with E-state index in [1.807, 2.05) is 11.8 Å². The molecule has 0 saturated carbocycles. The summed E-state index contributed by atoms with van der Waals surface area (Å²) in [4.78, 5) is 25.9. The topological polar surface area (TPSA) is 82.8 Å².